The SMILES string of the molecule is CSc1cccc(NC(C)C2CCN(C(=O)OC(C)(C)C)CC2)c1. The highest BCUT2D eigenvalue weighted by Gasteiger charge is 2.29. The van der Waals surface area contributed by atoms with Crippen LogP contribution in [-0.4, -0.2) is 42.0 Å². The summed E-state index contributed by atoms with van der Waals surface area (Å²) in [5.41, 5.74) is 0.745. The molecule has 4 nitrogen and oxygen atoms in total. The zero-order valence-corrected chi connectivity index (χ0v) is 16.3. The van der Waals surface area contributed by atoms with Crippen LogP contribution in [0.15, 0.2) is 29.2 Å². The number of ether oxygens (including phenoxy) is 1. The van der Waals surface area contributed by atoms with Crippen molar-refractivity contribution >= 4 is 23.5 Å². The van der Waals surface area contributed by atoms with Crippen LogP contribution in [0.1, 0.15) is 40.5 Å². The molecule has 2 rings (SSSR count). The Bertz CT molecular complexity index is 549. The van der Waals surface area contributed by atoms with E-state index in [4.69, 9.17) is 4.74 Å². The number of piperidine rings is 1. The van der Waals surface area contributed by atoms with Crippen LogP contribution in [0.5, 0.6) is 0 Å². The standard InChI is InChI=1S/C19H30N2O2S/c1-14(20-16-7-6-8-17(13-16)24-5)15-9-11-21(12-10-15)18(22)23-19(2,3)4/h6-8,13-15,20H,9-12H2,1-5H3. The first kappa shape index (κ1) is 19.0. The van der Waals surface area contributed by atoms with Crippen molar-refractivity contribution in [3.8, 4) is 0 Å². The van der Waals surface area contributed by atoms with Crippen molar-refractivity contribution in [3.05, 3.63) is 24.3 Å². The van der Waals surface area contributed by atoms with Crippen molar-refractivity contribution in [1.29, 1.82) is 0 Å². The average molecular weight is 351 g/mol. The molecule has 1 aromatic rings. The molecule has 1 aliphatic heterocycles. The van der Waals surface area contributed by atoms with E-state index in [0.29, 0.717) is 12.0 Å². The fraction of sp³-hybridized carbons (Fsp3) is 0.632. The van der Waals surface area contributed by atoms with Crippen LogP contribution >= 0.6 is 11.8 Å². The summed E-state index contributed by atoms with van der Waals surface area (Å²) in [4.78, 5) is 15.2. The quantitative estimate of drug-likeness (QED) is 0.788. The van der Waals surface area contributed by atoms with Crippen molar-refractivity contribution in [1.82, 2.24) is 4.90 Å². The Morgan fingerprint density at radius 1 is 1.33 bits per heavy atom. The lowest BCUT2D eigenvalue weighted by atomic mass is 9.90. The van der Waals surface area contributed by atoms with Crippen LogP contribution in [0.3, 0.4) is 0 Å². The summed E-state index contributed by atoms with van der Waals surface area (Å²) in [5, 5.41) is 3.62. The first-order valence-corrected chi connectivity index (χ1v) is 9.89. The molecule has 1 atom stereocenters. The Morgan fingerprint density at radius 2 is 2.00 bits per heavy atom. The van der Waals surface area contributed by atoms with Gasteiger partial charge in [-0.05, 0) is 70.9 Å². The number of amides is 1. The van der Waals surface area contributed by atoms with E-state index < -0.39 is 5.60 Å². The van der Waals surface area contributed by atoms with E-state index in [-0.39, 0.29) is 6.09 Å². The van der Waals surface area contributed by atoms with Crippen LogP contribution in [0.25, 0.3) is 0 Å². The Kier molecular flexibility index (Phi) is 6.44. The summed E-state index contributed by atoms with van der Waals surface area (Å²) in [6.07, 6.45) is 3.93. The lowest BCUT2D eigenvalue weighted by molar-refractivity contribution is 0.0179. The van der Waals surface area contributed by atoms with Gasteiger partial charge in [-0.1, -0.05) is 6.07 Å². The number of anilines is 1. The molecular formula is C19H30N2O2S. The van der Waals surface area contributed by atoms with Gasteiger partial charge in [-0.2, -0.15) is 0 Å². The molecule has 1 fully saturated rings. The highest BCUT2D eigenvalue weighted by atomic mass is 32.2. The van der Waals surface area contributed by atoms with Gasteiger partial charge in [0.25, 0.3) is 0 Å². The normalized spacial score (nSPS) is 17.5. The number of rotatable bonds is 4. The van der Waals surface area contributed by atoms with Gasteiger partial charge in [-0.25, -0.2) is 4.79 Å². The van der Waals surface area contributed by atoms with Gasteiger partial charge in [0.05, 0.1) is 0 Å². The second-order valence-corrected chi connectivity index (χ2v) is 8.35. The maximum atomic E-state index is 12.1. The second-order valence-electron chi connectivity index (χ2n) is 7.47. The number of thioether (sulfide) groups is 1. The minimum atomic E-state index is -0.426. The number of carbonyl (C=O) groups is 1. The van der Waals surface area contributed by atoms with Crippen molar-refractivity contribution in [2.75, 3.05) is 24.7 Å². The molecule has 0 aliphatic carbocycles. The van der Waals surface area contributed by atoms with Crippen LogP contribution in [0.4, 0.5) is 10.5 Å². The molecule has 0 spiro atoms. The van der Waals surface area contributed by atoms with Crippen molar-refractivity contribution in [2.45, 2.75) is 57.1 Å². The van der Waals surface area contributed by atoms with E-state index >= 15 is 0 Å². The van der Waals surface area contributed by atoms with Crippen molar-refractivity contribution < 1.29 is 9.53 Å². The maximum absolute atomic E-state index is 12.1. The minimum absolute atomic E-state index is 0.186. The van der Waals surface area contributed by atoms with Crippen LogP contribution in [0.2, 0.25) is 0 Å². The number of nitrogens with one attached hydrogen (secondary N) is 1. The molecular weight excluding hydrogens is 320 g/mol. The molecule has 134 valence electrons. The Morgan fingerprint density at radius 3 is 2.58 bits per heavy atom. The first-order valence-electron chi connectivity index (χ1n) is 8.67. The van der Waals surface area contributed by atoms with Crippen molar-refractivity contribution in [3.63, 3.8) is 0 Å². The van der Waals surface area contributed by atoms with E-state index in [1.165, 1.54) is 10.6 Å². The number of nitrogens with zero attached hydrogens (tertiary/aromatic N) is 1. The summed E-state index contributed by atoms with van der Waals surface area (Å²) in [6, 6.07) is 8.91. The van der Waals surface area contributed by atoms with Gasteiger partial charge in [-0.15, -0.1) is 11.8 Å². The van der Waals surface area contributed by atoms with Crippen LogP contribution < -0.4 is 5.32 Å². The van der Waals surface area contributed by atoms with Gasteiger partial charge in [0.15, 0.2) is 0 Å². The summed E-state index contributed by atoms with van der Waals surface area (Å²) >= 11 is 1.76. The van der Waals surface area contributed by atoms with Crippen LogP contribution in [-0.2, 0) is 4.74 Å². The first-order chi connectivity index (χ1) is 11.3. The van der Waals surface area contributed by atoms with Gasteiger partial charge in [0.2, 0.25) is 0 Å². The van der Waals surface area contributed by atoms with Gasteiger partial charge < -0.3 is 15.0 Å². The predicted octanol–water partition coefficient (Wildman–Crippen LogP) is 4.86. The smallest absolute Gasteiger partial charge is 0.410 e. The minimum Gasteiger partial charge on any atom is -0.444 e. The highest BCUT2D eigenvalue weighted by Crippen LogP contribution is 2.26. The molecule has 1 heterocycles. The molecule has 1 aliphatic rings. The summed E-state index contributed by atoms with van der Waals surface area (Å²) in [5.74, 6) is 0.571. The molecule has 0 saturated carbocycles. The Balaban J connectivity index is 1.84. The molecule has 1 amide bonds. The number of carbonyl (C=O) groups excluding carboxylic acids is 1. The zero-order valence-electron chi connectivity index (χ0n) is 15.5. The Hall–Kier alpha value is -1.36. The number of hydrogen-bond acceptors (Lipinski definition) is 4. The Labute approximate surface area is 150 Å². The summed E-state index contributed by atoms with van der Waals surface area (Å²) in [6.45, 7) is 9.51. The molecule has 1 saturated heterocycles. The van der Waals surface area contributed by atoms with E-state index in [9.17, 15) is 4.79 Å². The lowest BCUT2D eigenvalue weighted by Crippen LogP contribution is -2.44. The molecule has 0 aromatic heterocycles. The third kappa shape index (κ3) is 5.62. The predicted molar refractivity (Wildman–Crippen MR) is 102 cm³/mol. The van der Waals surface area contributed by atoms with E-state index in [0.717, 1.165) is 25.9 Å². The third-order valence-corrected chi connectivity index (χ3v) is 5.09. The molecule has 1 N–H and O–H groups in total. The van der Waals surface area contributed by atoms with Crippen molar-refractivity contribution in [2.24, 2.45) is 5.92 Å². The summed E-state index contributed by atoms with van der Waals surface area (Å²) < 4.78 is 5.46. The van der Waals surface area contributed by atoms with E-state index in [2.05, 4.69) is 42.8 Å². The molecule has 5 heteroatoms. The second kappa shape index (κ2) is 8.15. The highest BCUT2D eigenvalue weighted by molar-refractivity contribution is 7.98. The molecule has 1 aromatic carbocycles. The van der Waals surface area contributed by atoms with E-state index in [1.54, 1.807) is 11.8 Å². The van der Waals surface area contributed by atoms with Crippen LogP contribution in [0, 0.1) is 5.92 Å². The van der Waals surface area contributed by atoms with Gasteiger partial charge >= 0.3 is 6.09 Å². The summed E-state index contributed by atoms with van der Waals surface area (Å²) in [7, 11) is 0. The lowest BCUT2D eigenvalue weighted by Gasteiger charge is -2.36. The largest absolute Gasteiger partial charge is 0.444 e. The van der Waals surface area contributed by atoms with Gasteiger partial charge in [0.1, 0.15) is 5.60 Å². The molecule has 24 heavy (non-hydrogen) atoms. The number of likely N-dealkylation sites (tertiary alicyclic amines) is 1. The topological polar surface area (TPSA) is 41.6 Å². The monoisotopic (exact) mass is 350 g/mol. The maximum Gasteiger partial charge on any atom is 0.410 e. The fourth-order valence-electron chi connectivity index (χ4n) is 3.00. The average Bonchev–Trinajstić information content (AvgIpc) is 2.53. The third-order valence-electron chi connectivity index (χ3n) is 4.36. The molecule has 0 radical (unpaired) electrons. The van der Waals surface area contributed by atoms with E-state index in [1.807, 2.05) is 25.7 Å². The van der Waals surface area contributed by atoms with Gasteiger partial charge in [0, 0.05) is 29.7 Å². The number of benzene rings is 1. The number of hydrogen-bond donors (Lipinski definition) is 1. The fourth-order valence-corrected chi connectivity index (χ4v) is 3.46. The zero-order chi connectivity index (χ0) is 17.7. The molecule has 0 bridgehead atoms. The van der Waals surface area contributed by atoms with Gasteiger partial charge in [-0.3, -0.25) is 0 Å². The molecule has 1 unspecified atom stereocenters.